The van der Waals surface area contributed by atoms with Crippen molar-refractivity contribution in [3.8, 4) is 0 Å². The predicted molar refractivity (Wildman–Crippen MR) is 125 cm³/mol. The van der Waals surface area contributed by atoms with E-state index in [4.69, 9.17) is 4.74 Å². The zero-order valence-electron chi connectivity index (χ0n) is 19.0. The van der Waals surface area contributed by atoms with Gasteiger partial charge in [-0.05, 0) is 55.0 Å². The van der Waals surface area contributed by atoms with E-state index in [0.717, 1.165) is 18.6 Å². The van der Waals surface area contributed by atoms with Crippen LogP contribution in [0.3, 0.4) is 0 Å². The van der Waals surface area contributed by atoms with Crippen molar-refractivity contribution in [1.29, 1.82) is 0 Å². The highest BCUT2D eigenvalue weighted by Gasteiger charge is 2.23. The quantitative estimate of drug-likeness (QED) is 0.487. The second-order valence-corrected chi connectivity index (χ2v) is 9.58. The number of rotatable bonds is 10. The molecular weight excluding hydrogens is 463 g/mol. The van der Waals surface area contributed by atoms with Crippen molar-refractivity contribution in [3.63, 3.8) is 0 Å². The number of halogens is 1. The summed E-state index contributed by atoms with van der Waals surface area (Å²) in [6.45, 7) is 3.63. The molecule has 0 saturated carbocycles. The van der Waals surface area contributed by atoms with Gasteiger partial charge in [0.2, 0.25) is 5.91 Å². The first-order chi connectivity index (χ1) is 16.3. The van der Waals surface area contributed by atoms with Gasteiger partial charge in [-0.25, -0.2) is 12.8 Å². The molecule has 0 bridgehead atoms. The summed E-state index contributed by atoms with van der Waals surface area (Å²) >= 11 is 0. The van der Waals surface area contributed by atoms with Crippen LogP contribution in [0, 0.1) is 5.82 Å². The number of hydrogen-bond acceptors (Lipinski definition) is 6. The molecule has 184 valence electrons. The standard InChI is InChI=1S/C23H29FN4O5S/c1-33-16-2-11-25-22(29)17-27-12-14-28(15-13-27)23(30)18-3-7-20(8-4-18)26-34(31,32)21-9-5-19(24)6-10-21/h3-10,26H,2,11-17H2,1H3,(H,25,29). The molecule has 9 nitrogen and oxygen atoms in total. The van der Waals surface area contributed by atoms with Crippen molar-refractivity contribution >= 4 is 27.5 Å². The number of carbonyl (C=O) groups is 2. The topological polar surface area (TPSA) is 108 Å². The molecule has 1 heterocycles. The first-order valence-corrected chi connectivity index (χ1v) is 12.4. The molecule has 2 amide bonds. The van der Waals surface area contributed by atoms with Crippen LogP contribution in [-0.2, 0) is 19.6 Å². The maximum Gasteiger partial charge on any atom is 0.261 e. The molecule has 34 heavy (non-hydrogen) atoms. The first kappa shape index (κ1) is 25.6. The number of sulfonamides is 1. The number of benzene rings is 2. The molecule has 1 aliphatic rings. The van der Waals surface area contributed by atoms with Gasteiger partial charge in [-0.2, -0.15) is 0 Å². The van der Waals surface area contributed by atoms with E-state index in [1.54, 1.807) is 24.1 Å². The summed E-state index contributed by atoms with van der Waals surface area (Å²) in [5, 5.41) is 2.85. The summed E-state index contributed by atoms with van der Waals surface area (Å²) in [5.41, 5.74) is 0.733. The van der Waals surface area contributed by atoms with Crippen LogP contribution in [-0.4, -0.2) is 83.0 Å². The predicted octanol–water partition coefficient (Wildman–Crippen LogP) is 1.54. The van der Waals surface area contributed by atoms with E-state index in [0.29, 0.717) is 50.6 Å². The fourth-order valence-corrected chi connectivity index (χ4v) is 4.56. The Morgan fingerprint density at radius 1 is 1.00 bits per heavy atom. The lowest BCUT2D eigenvalue weighted by Gasteiger charge is -2.34. The fourth-order valence-electron chi connectivity index (χ4n) is 3.50. The molecule has 1 aliphatic heterocycles. The number of methoxy groups -OCH3 is 1. The van der Waals surface area contributed by atoms with E-state index < -0.39 is 15.8 Å². The highest BCUT2D eigenvalue weighted by molar-refractivity contribution is 7.92. The summed E-state index contributed by atoms with van der Waals surface area (Å²) < 4.78 is 45.3. The van der Waals surface area contributed by atoms with Crippen LogP contribution in [0.1, 0.15) is 16.8 Å². The first-order valence-electron chi connectivity index (χ1n) is 10.9. The van der Waals surface area contributed by atoms with Gasteiger partial charge in [-0.1, -0.05) is 0 Å². The Morgan fingerprint density at radius 3 is 2.26 bits per heavy atom. The maximum atomic E-state index is 13.0. The van der Waals surface area contributed by atoms with Gasteiger partial charge in [-0.15, -0.1) is 0 Å². The Kier molecular flexibility index (Phi) is 8.97. The monoisotopic (exact) mass is 492 g/mol. The lowest BCUT2D eigenvalue weighted by atomic mass is 10.1. The van der Waals surface area contributed by atoms with Crippen molar-refractivity contribution in [2.75, 3.05) is 57.7 Å². The van der Waals surface area contributed by atoms with Crippen LogP contribution in [0.5, 0.6) is 0 Å². The SMILES string of the molecule is COCCCNC(=O)CN1CCN(C(=O)c2ccc(NS(=O)(=O)c3ccc(F)cc3)cc2)CC1. The van der Waals surface area contributed by atoms with Crippen LogP contribution in [0.15, 0.2) is 53.4 Å². The van der Waals surface area contributed by atoms with E-state index in [9.17, 15) is 22.4 Å². The molecule has 0 radical (unpaired) electrons. The molecule has 3 rings (SSSR count). The highest BCUT2D eigenvalue weighted by atomic mass is 32.2. The van der Waals surface area contributed by atoms with Crippen LogP contribution < -0.4 is 10.0 Å². The third-order valence-corrected chi connectivity index (χ3v) is 6.78. The minimum absolute atomic E-state index is 0.0467. The molecule has 0 aliphatic carbocycles. The zero-order chi connectivity index (χ0) is 24.6. The molecule has 1 saturated heterocycles. The zero-order valence-corrected chi connectivity index (χ0v) is 19.8. The number of nitrogens with one attached hydrogen (secondary N) is 2. The van der Waals surface area contributed by atoms with Crippen molar-refractivity contribution < 1.29 is 27.1 Å². The molecule has 0 unspecified atom stereocenters. The largest absolute Gasteiger partial charge is 0.385 e. The fraction of sp³-hybridized carbons (Fsp3) is 0.391. The number of nitrogens with zero attached hydrogens (tertiary/aromatic N) is 2. The van der Waals surface area contributed by atoms with Gasteiger partial charge in [0.1, 0.15) is 5.82 Å². The van der Waals surface area contributed by atoms with Crippen molar-refractivity contribution in [2.24, 2.45) is 0 Å². The molecular formula is C23H29FN4O5S. The summed E-state index contributed by atoms with van der Waals surface area (Å²) in [7, 11) is -2.25. The van der Waals surface area contributed by atoms with E-state index >= 15 is 0 Å². The van der Waals surface area contributed by atoms with E-state index in [1.807, 2.05) is 4.90 Å². The normalized spacial score (nSPS) is 14.6. The van der Waals surface area contributed by atoms with E-state index in [1.165, 1.54) is 24.3 Å². The Morgan fingerprint density at radius 2 is 1.65 bits per heavy atom. The van der Waals surface area contributed by atoms with E-state index in [2.05, 4.69) is 10.0 Å². The summed E-state index contributed by atoms with van der Waals surface area (Å²) in [6, 6.07) is 10.7. The lowest BCUT2D eigenvalue weighted by Crippen LogP contribution is -2.51. The summed E-state index contributed by atoms with van der Waals surface area (Å²) in [4.78, 5) is 28.5. The third kappa shape index (κ3) is 7.24. The second-order valence-electron chi connectivity index (χ2n) is 7.90. The molecule has 0 spiro atoms. The van der Waals surface area contributed by atoms with Gasteiger partial charge in [0.15, 0.2) is 0 Å². The smallest absolute Gasteiger partial charge is 0.261 e. The highest BCUT2D eigenvalue weighted by Crippen LogP contribution is 2.18. The van der Waals surface area contributed by atoms with Crippen molar-refractivity contribution in [1.82, 2.24) is 15.1 Å². The number of anilines is 1. The Hall–Kier alpha value is -3.02. The maximum absolute atomic E-state index is 13.0. The van der Waals surface area contributed by atoms with Gasteiger partial charge < -0.3 is 15.0 Å². The number of hydrogen-bond donors (Lipinski definition) is 2. The molecule has 2 aromatic rings. The minimum atomic E-state index is -3.87. The van der Waals surface area contributed by atoms with Gasteiger partial charge in [0.05, 0.1) is 11.4 Å². The van der Waals surface area contributed by atoms with Crippen molar-refractivity contribution in [3.05, 3.63) is 59.9 Å². The number of carbonyl (C=O) groups excluding carboxylic acids is 2. The molecule has 0 atom stereocenters. The average Bonchev–Trinajstić information content (AvgIpc) is 2.82. The molecule has 2 N–H and O–H groups in total. The van der Waals surface area contributed by atoms with Gasteiger partial charge in [0, 0.05) is 57.7 Å². The van der Waals surface area contributed by atoms with Crippen LogP contribution >= 0.6 is 0 Å². The summed E-state index contributed by atoms with van der Waals surface area (Å²) in [6.07, 6.45) is 0.761. The van der Waals surface area contributed by atoms with Gasteiger partial charge >= 0.3 is 0 Å². The van der Waals surface area contributed by atoms with Gasteiger partial charge in [-0.3, -0.25) is 19.2 Å². The lowest BCUT2D eigenvalue weighted by molar-refractivity contribution is -0.122. The van der Waals surface area contributed by atoms with Crippen molar-refractivity contribution in [2.45, 2.75) is 11.3 Å². The average molecular weight is 493 g/mol. The second kappa shape index (κ2) is 11.9. The Balaban J connectivity index is 1.48. The van der Waals surface area contributed by atoms with Crippen LogP contribution in [0.2, 0.25) is 0 Å². The molecule has 0 aromatic heterocycles. The number of ether oxygens (including phenoxy) is 1. The Labute approximate surface area is 198 Å². The van der Waals surface area contributed by atoms with E-state index in [-0.39, 0.29) is 23.3 Å². The van der Waals surface area contributed by atoms with Crippen LogP contribution in [0.4, 0.5) is 10.1 Å². The molecule has 11 heteroatoms. The third-order valence-electron chi connectivity index (χ3n) is 5.38. The number of amides is 2. The molecule has 1 fully saturated rings. The Bertz CT molecular complexity index is 1070. The minimum Gasteiger partial charge on any atom is -0.385 e. The van der Waals surface area contributed by atoms with Crippen LogP contribution in [0.25, 0.3) is 0 Å². The molecule has 2 aromatic carbocycles. The van der Waals surface area contributed by atoms with Gasteiger partial charge in [0.25, 0.3) is 15.9 Å². The summed E-state index contributed by atoms with van der Waals surface area (Å²) in [5.74, 6) is -0.727. The number of piperazine rings is 1.